The van der Waals surface area contributed by atoms with Crippen molar-refractivity contribution in [3.05, 3.63) is 35.2 Å². The number of benzene rings is 1. The number of amides is 3. The number of carbonyl (C=O) groups excluding carboxylic acids is 2. The predicted octanol–water partition coefficient (Wildman–Crippen LogP) is 3.48. The average molecular weight is 449 g/mol. The van der Waals surface area contributed by atoms with E-state index in [0.29, 0.717) is 12.1 Å². The number of hydrogen-bond donors (Lipinski definition) is 2. The fourth-order valence-electron chi connectivity index (χ4n) is 4.46. The summed E-state index contributed by atoms with van der Waals surface area (Å²) >= 11 is 0. The Hall–Kier alpha value is -3.11. The second-order valence-electron chi connectivity index (χ2n) is 8.58. The number of aromatic nitrogens is 2. The van der Waals surface area contributed by atoms with Crippen LogP contribution >= 0.6 is 0 Å². The van der Waals surface area contributed by atoms with Crippen molar-refractivity contribution < 1.29 is 27.3 Å². The van der Waals surface area contributed by atoms with Crippen molar-refractivity contribution >= 4 is 11.9 Å². The van der Waals surface area contributed by atoms with Crippen LogP contribution in [0.1, 0.15) is 60.3 Å². The number of nitrogens with one attached hydrogen (secondary N) is 2. The van der Waals surface area contributed by atoms with E-state index in [2.05, 4.69) is 25.3 Å². The lowest BCUT2D eigenvalue weighted by Crippen LogP contribution is -2.55. The van der Waals surface area contributed by atoms with E-state index in [0.717, 1.165) is 44.1 Å². The Morgan fingerprint density at radius 3 is 2.62 bits per heavy atom. The number of halogens is 3. The van der Waals surface area contributed by atoms with Gasteiger partial charge in [-0.3, -0.25) is 4.79 Å². The van der Waals surface area contributed by atoms with Gasteiger partial charge in [0.05, 0.1) is 12.1 Å². The van der Waals surface area contributed by atoms with Crippen molar-refractivity contribution in [1.82, 2.24) is 25.7 Å². The molecule has 170 valence electrons. The maximum atomic E-state index is 13.2. The molecule has 2 heterocycles. The molecule has 32 heavy (non-hydrogen) atoms. The van der Waals surface area contributed by atoms with Gasteiger partial charge in [-0.2, -0.15) is 18.2 Å². The molecule has 2 fully saturated rings. The Morgan fingerprint density at radius 2 is 1.91 bits per heavy atom. The Morgan fingerprint density at radius 1 is 1.12 bits per heavy atom. The fraction of sp³-hybridized carbons (Fsp3) is 0.524. The molecule has 1 aromatic heterocycles. The van der Waals surface area contributed by atoms with Gasteiger partial charge in [0.15, 0.2) is 0 Å². The highest BCUT2D eigenvalue weighted by molar-refractivity contribution is 5.99. The van der Waals surface area contributed by atoms with Crippen LogP contribution in [0.15, 0.2) is 22.7 Å². The normalized spacial score (nSPS) is 23.2. The third kappa shape index (κ3) is 4.03. The van der Waals surface area contributed by atoms with E-state index in [1.165, 1.54) is 6.07 Å². The molecule has 2 N–H and O–H groups in total. The first-order chi connectivity index (χ1) is 15.3. The van der Waals surface area contributed by atoms with Gasteiger partial charge in [0.2, 0.25) is 5.82 Å². The summed E-state index contributed by atoms with van der Waals surface area (Å²) in [4.78, 5) is 30.6. The summed E-state index contributed by atoms with van der Waals surface area (Å²) in [5, 5.41) is 9.36. The minimum Gasteiger partial charge on any atom is -0.335 e. The molecule has 11 heteroatoms. The summed E-state index contributed by atoms with van der Waals surface area (Å²) in [6, 6.07) is 4.56. The van der Waals surface area contributed by atoms with Gasteiger partial charge >= 0.3 is 18.1 Å². The highest BCUT2D eigenvalue weighted by atomic mass is 19.4. The summed E-state index contributed by atoms with van der Waals surface area (Å²) < 4.78 is 42.6. The minimum atomic E-state index is -4.73. The standard InChI is InChI=1S/C21H22F3N5O3/c22-21(23,24)19-27-17(28-32-19)11-5-6-12-10-29(18(30)14(12)9-11)16-4-2-1-3-15(16)26-20(31)25-13-7-8-13/h5-6,9,13,15-16H,1-4,7-8,10H2,(H2,25,26,31)/t15-,16-/m1/s1. The molecule has 2 aromatic rings. The SMILES string of the molecule is O=C(NC1CC1)N[C@@H]1CCCC[C@H]1N1Cc2ccc(-c3noc(C(F)(F)F)n3)cc2C1=O. The first-order valence-electron chi connectivity index (χ1n) is 10.7. The van der Waals surface area contributed by atoms with Crippen LogP contribution in [0.5, 0.6) is 0 Å². The summed E-state index contributed by atoms with van der Waals surface area (Å²) in [7, 11) is 0. The highest BCUT2D eigenvalue weighted by Gasteiger charge is 2.40. The second kappa shape index (κ2) is 7.79. The van der Waals surface area contributed by atoms with Gasteiger partial charge in [0.1, 0.15) is 0 Å². The molecule has 0 unspecified atom stereocenters. The van der Waals surface area contributed by atoms with Gasteiger partial charge in [-0.1, -0.05) is 30.1 Å². The molecule has 2 aliphatic carbocycles. The van der Waals surface area contributed by atoms with E-state index in [-0.39, 0.29) is 41.5 Å². The molecule has 0 spiro atoms. The molecule has 2 saturated carbocycles. The van der Waals surface area contributed by atoms with E-state index in [1.54, 1.807) is 17.0 Å². The van der Waals surface area contributed by atoms with Gasteiger partial charge in [-0.25, -0.2) is 4.79 Å². The van der Waals surface area contributed by atoms with Crippen LogP contribution in [0.4, 0.5) is 18.0 Å². The average Bonchev–Trinajstić information content (AvgIpc) is 3.30. The topological polar surface area (TPSA) is 100 Å². The molecule has 5 rings (SSSR count). The van der Waals surface area contributed by atoms with Gasteiger partial charge in [0.25, 0.3) is 5.91 Å². The summed E-state index contributed by atoms with van der Waals surface area (Å²) in [5.41, 5.74) is 1.47. The largest absolute Gasteiger partial charge is 0.471 e. The Labute approximate surface area is 181 Å². The Bertz CT molecular complexity index is 1050. The molecular weight excluding hydrogens is 427 g/mol. The van der Waals surface area contributed by atoms with E-state index in [1.807, 2.05) is 0 Å². The van der Waals surface area contributed by atoms with Crippen LogP contribution in [0.25, 0.3) is 11.4 Å². The van der Waals surface area contributed by atoms with Crippen LogP contribution in [-0.4, -0.2) is 45.1 Å². The highest BCUT2D eigenvalue weighted by Crippen LogP contribution is 2.34. The van der Waals surface area contributed by atoms with E-state index < -0.39 is 12.1 Å². The smallest absolute Gasteiger partial charge is 0.335 e. The van der Waals surface area contributed by atoms with E-state index >= 15 is 0 Å². The van der Waals surface area contributed by atoms with Crippen molar-refractivity contribution in [2.75, 3.05) is 0 Å². The molecule has 2 atom stereocenters. The zero-order valence-electron chi connectivity index (χ0n) is 17.1. The quantitative estimate of drug-likeness (QED) is 0.745. The van der Waals surface area contributed by atoms with Crippen LogP contribution in [0.3, 0.4) is 0 Å². The maximum absolute atomic E-state index is 13.2. The number of alkyl halides is 3. The van der Waals surface area contributed by atoms with Gasteiger partial charge in [0, 0.05) is 23.7 Å². The molecule has 3 aliphatic rings. The third-order valence-electron chi connectivity index (χ3n) is 6.23. The van der Waals surface area contributed by atoms with E-state index in [9.17, 15) is 22.8 Å². The fourth-order valence-corrected chi connectivity index (χ4v) is 4.46. The molecule has 1 aliphatic heterocycles. The molecule has 0 radical (unpaired) electrons. The maximum Gasteiger partial charge on any atom is 0.471 e. The number of hydrogen-bond acceptors (Lipinski definition) is 5. The number of nitrogens with zero attached hydrogens (tertiary/aromatic N) is 3. The number of carbonyl (C=O) groups is 2. The minimum absolute atomic E-state index is 0.140. The van der Waals surface area contributed by atoms with Crippen LogP contribution in [-0.2, 0) is 12.7 Å². The van der Waals surface area contributed by atoms with Crippen LogP contribution < -0.4 is 10.6 Å². The van der Waals surface area contributed by atoms with E-state index in [4.69, 9.17) is 0 Å². The number of fused-ring (bicyclic) bond motifs is 1. The van der Waals surface area contributed by atoms with Crippen LogP contribution in [0, 0.1) is 0 Å². The first-order valence-corrected chi connectivity index (χ1v) is 10.7. The van der Waals surface area contributed by atoms with Gasteiger partial charge in [-0.05, 0) is 37.3 Å². The number of rotatable bonds is 4. The van der Waals surface area contributed by atoms with Crippen molar-refractivity contribution in [3.63, 3.8) is 0 Å². The summed E-state index contributed by atoms with van der Waals surface area (Å²) in [6.45, 7) is 0.390. The lowest BCUT2D eigenvalue weighted by atomic mass is 9.89. The van der Waals surface area contributed by atoms with Gasteiger partial charge < -0.3 is 20.1 Å². The third-order valence-corrected chi connectivity index (χ3v) is 6.23. The number of urea groups is 1. The Kier molecular flexibility index (Phi) is 5.06. The Balaban J connectivity index is 1.34. The molecule has 0 saturated heterocycles. The van der Waals surface area contributed by atoms with Crippen molar-refractivity contribution in [2.45, 2.75) is 69.4 Å². The summed E-state index contributed by atoms with van der Waals surface area (Å²) in [5.74, 6) is -1.86. The van der Waals surface area contributed by atoms with Crippen molar-refractivity contribution in [1.29, 1.82) is 0 Å². The molecular formula is C21H22F3N5O3. The zero-order valence-corrected chi connectivity index (χ0v) is 17.1. The van der Waals surface area contributed by atoms with Crippen molar-refractivity contribution in [2.24, 2.45) is 0 Å². The van der Waals surface area contributed by atoms with Crippen molar-refractivity contribution in [3.8, 4) is 11.4 Å². The lowest BCUT2D eigenvalue weighted by Gasteiger charge is -2.38. The molecule has 8 nitrogen and oxygen atoms in total. The lowest BCUT2D eigenvalue weighted by molar-refractivity contribution is -0.159. The predicted molar refractivity (Wildman–Crippen MR) is 105 cm³/mol. The molecule has 3 amide bonds. The first kappa shape index (κ1) is 20.8. The zero-order chi connectivity index (χ0) is 22.5. The molecule has 1 aromatic carbocycles. The monoisotopic (exact) mass is 449 g/mol. The second-order valence-corrected chi connectivity index (χ2v) is 8.58. The summed E-state index contributed by atoms with van der Waals surface area (Å²) in [6.07, 6.45) is 0.759. The molecule has 0 bridgehead atoms. The van der Waals surface area contributed by atoms with Gasteiger partial charge in [-0.15, -0.1) is 0 Å². The van der Waals surface area contributed by atoms with Crippen LogP contribution in [0.2, 0.25) is 0 Å².